The van der Waals surface area contributed by atoms with Crippen molar-refractivity contribution in [3.63, 3.8) is 0 Å². The van der Waals surface area contributed by atoms with E-state index in [1.54, 1.807) is 0 Å². The minimum Gasteiger partial charge on any atom is -0.465 e. The number of hydrogen-bond donors (Lipinski definition) is 1. The topological polar surface area (TPSA) is 50.8 Å². The number of ether oxygens (including phenoxy) is 2. The summed E-state index contributed by atoms with van der Waals surface area (Å²) in [6.45, 7) is 11.4. The van der Waals surface area contributed by atoms with Crippen molar-refractivity contribution in [2.75, 3.05) is 46.0 Å². The third-order valence-corrected chi connectivity index (χ3v) is 3.28. The maximum atomic E-state index is 11.8. The van der Waals surface area contributed by atoms with Gasteiger partial charge in [-0.1, -0.05) is 13.8 Å². The van der Waals surface area contributed by atoms with E-state index >= 15 is 0 Å². The second-order valence-corrected chi connectivity index (χ2v) is 5.30. The van der Waals surface area contributed by atoms with Gasteiger partial charge in [0, 0.05) is 32.8 Å². The SMILES string of the molecule is CCOC(=O)C1CNCCN1CCOCCC(C)C. The number of esters is 1. The number of rotatable bonds is 8. The van der Waals surface area contributed by atoms with Crippen LogP contribution in [0.2, 0.25) is 0 Å². The number of hydrogen-bond acceptors (Lipinski definition) is 5. The van der Waals surface area contributed by atoms with Gasteiger partial charge in [0.1, 0.15) is 6.04 Å². The van der Waals surface area contributed by atoms with E-state index in [1.807, 2.05) is 6.92 Å². The Morgan fingerprint density at radius 3 is 2.89 bits per heavy atom. The second-order valence-electron chi connectivity index (χ2n) is 5.30. The quantitative estimate of drug-likeness (QED) is 0.525. The molecule has 1 N–H and O–H groups in total. The van der Waals surface area contributed by atoms with Crippen molar-refractivity contribution in [2.45, 2.75) is 33.2 Å². The maximum Gasteiger partial charge on any atom is 0.324 e. The predicted octanol–water partition coefficient (Wildman–Crippen LogP) is 0.886. The molecule has 0 radical (unpaired) electrons. The first-order valence-electron chi connectivity index (χ1n) is 7.34. The van der Waals surface area contributed by atoms with Gasteiger partial charge in [-0.3, -0.25) is 9.69 Å². The third kappa shape index (κ3) is 6.36. The van der Waals surface area contributed by atoms with Crippen LogP contribution in [0.25, 0.3) is 0 Å². The molecule has 1 rings (SSSR count). The molecule has 0 bridgehead atoms. The number of carbonyl (C=O) groups is 1. The molecule has 112 valence electrons. The predicted molar refractivity (Wildman–Crippen MR) is 75.1 cm³/mol. The summed E-state index contributed by atoms with van der Waals surface area (Å²) < 4.78 is 10.7. The summed E-state index contributed by atoms with van der Waals surface area (Å²) in [6, 6.07) is -0.164. The van der Waals surface area contributed by atoms with Crippen LogP contribution in [-0.2, 0) is 14.3 Å². The molecule has 1 fully saturated rings. The summed E-state index contributed by atoms with van der Waals surface area (Å²) in [7, 11) is 0. The first-order chi connectivity index (χ1) is 9.15. The van der Waals surface area contributed by atoms with Gasteiger partial charge < -0.3 is 14.8 Å². The van der Waals surface area contributed by atoms with Gasteiger partial charge in [0.05, 0.1) is 13.2 Å². The molecule has 0 aromatic heterocycles. The molecular formula is C14H28N2O3. The number of carbonyl (C=O) groups excluding carboxylic acids is 1. The Labute approximate surface area is 116 Å². The molecule has 5 nitrogen and oxygen atoms in total. The van der Waals surface area contributed by atoms with Crippen LogP contribution in [-0.4, -0.2) is 62.9 Å². The van der Waals surface area contributed by atoms with E-state index in [1.165, 1.54) is 0 Å². The van der Waals surface area contributed by atoms with Crippen molar-refractivity contribution < 1.29 is 14.3 Å². The third-order valence-electron chi connectivity index (χ3n) is 3.28. The highest BCUT2D eigenvalue weighted by molar-refractivity contribution is 5.76. The van der Waals surface area contributed by atoms with Gasteiger partial charge in [-0.2, -0.15) is 0 Å². The Morgan fingerprint density at radius 2 is 2.21 bits per heavy atom. The molecule has 1 aliphatic heterocycles. The van der Waals surface area contributed by atoms with Crippen molar-refractivity contribution >= 4 is 5.97 Å². The van der Waals surface area contributed by atoms with Crippen molar-refractivity contribution in [2.24, 2.45) is 5.92 Å². The molecule has 0 aromatic rings. The lowest BCUT2D eigenvalue weighted by atomic mass is 10.1. The van der Waals surface area contributed by atoms with Crippen LogP contribution in [0.3, 0.4) is 0 Å². The summed E-state index contributed by atoms with van der Waals surface area (Å²) in [5.74, 6) is 0.545. The van der Waals surface area contributed by atoms with Gasteiger partial charge in [0.15, 0.2) is 0 Å². The molecule has 0 aromatic carbocycles. The highest BCUT2D eigenvalue weighted by atomic mass is 16.5. The van der Waals surface area contributed by atoms with Gasteiger partial charge in [-0.05, 0) is 19.3 Å². The molecule has 1 atom stereocenters. The fourth-order valence-electron chi connectivity index (χ4n) is 2.09. The van der Waals surface area contributed by atoms with Crippen LogP contribution < -0.4 is 5.32 Å². The molecule has 5 heteroatoms. The average molecular weight is 272 g/mol. The molecule has 1 unspecified atom stereocenters. The summed E-state index contributed by atoms with van der Waals surface area (Å²) in [5, 5.41) is 3.24. The molecular weight excluding hydrogens is 244 g/mol. The first-order valence-corrected chi connectivity index (χ1v) is 7.34. The zero-order valence-electron chi connectivity index (χ0n) is 12.5. The van der Waals surface area contributed by atoms with Crippen LogP contribution >= 0.6 is 0 Å². The highest BCUT2D eigenvalue weighted by Crippen LogP contribution is 2.06. The molecule has 0 spiro atoms. The lowest BCUT2D eigenvalue weighted by Gasteiger charge is -2.34. The Kier molecular flexibility index (Phi) is 8.02. The fourth-order valence-corrected chi connectivity index (χ4v) is 2.09. The molecule has 1 saturated heterocycles. The summed E-state index contributed by atoms with van der Waals surface area (Å²) in [4.78, 5) is 14.0. The standard InChI is InChI=1S/C14H28N2O3/c1-4-19-14(17)13-11-15-6-7-16(13)8-10-18-9-5-12(2)3/h12-13,15H,4-11H2,1-3H3. The normalized spacial score (nSPS) is 20.7. The van der Waals surface area contributed by atoms with E-state index in [0.29, 0.717) is 25.7 Å². The minimum absolute atomic E-state index is 0.128. The van der Waals surface area contributed by atoms with Gasteiger partial charge in [0.25, 0.3) is 0 Å². The van der Waals surface area contributed by atoms with Crippen molar-refractivity contribution in [1.82, 2.24) is 10.2 Å². The van der Waals surface area contributed by atoms with Crippen LogP contribution in [0, 0.1) is 5.92 Å². The molecule has 1 heterocycles. The first kappa shape index (κ1) is 16.4. The van der Waals surface area contributed by atoms with E-state index in [9.17, 15) is 4.79 Å². The maximum absolute atomic E-state index is 11.8. The molecule has 1 aliphatic rings. The second kappa shape index (κ2) is 9.28. The van der Waals surface area contributed by atoms with E-state index in [2.05, 4.69) is 24.1 Å². The number of piperazine rings is 1. The van der Waals surface area contributed by atoms with Crippen molar-refractivity contribution in [3.05, 3.63) is 0 Å². The Bertz CT molecular complexity index is 259. The van der Waals surface area contributed by atoms with Crippen LogP contribution in [0.1, 0.15) is 27.2 Å². The Hall–Kier alpha value is -0.650. The molecule has 0 aliphatic carbocycles. The van der Waals surface area contributed by atoms with E-state index in [0.717, 1.165) is 32.7 Å². The summed E-state index contributed by atoms with van der Waals surface area (Å²) in [6.07, 6.45) is 1.09. The van der Waals surface area contributed by atoms with E-state index in [-0.39, 0.29) is 12.0 Å². The van der Waals surface area contributed by atoms with Crippen LogP contribution in [0.5, 0.6) is 0 Å². The lowest BCUT2D eigenvalue weighted by molar-refractivity contribution is -0.150. The molecule has 0 saturated carbocycles. The monoisotopic (exact) mass is 272 g/mol. The largest absolute Gasteiger partial charge is 0.465 e. The van der Waals surface area contributed by atoms with Crippen molar-refractivity contribution in [1.29, 1.82) is 0 Å². The summed E-state index contributed by atoms with van der Waals surface area (Å²) >= 11 is 0. The smallest absolute Gasteiger partial charge is 0.324 e. The van der Waals surface area contributed by atoms with Gasteiger partial charge >= 0.3 is 5.97 Å². The van der Waals surface area contributed by atoms with Crippen molar-refractivity contribution in [3.8, 4) is 0 Å². The Morgan fingerprint density at radius 1 is 1.42 bits per heavy atom. The van der Waals surface area contributed by atoms with Crippen LogP contribution in [0.15, 0.2) is 0 Å². The average Bonchev–Trinajstić information content (AvgIpc) is 2.38. The van der Waals surface area contributed by atoms with Gasteiger partial charge in [-0.25, -0.2) is 0 Å². The van der Waals surface area contributed by atoms with E-state index < -0.39 is 0 Å². The molecule has 19 heavy (non-hydrogen) atoms. The van der Waals surface area contributed by atoms with E-state index in [4.69, 9.17) is 9.47 Å². The zero-order chi connectivity index (χ0) is 14.1. The Balaban J connectivity index is 2.26. The number of nitrogens with zero attached hydrogens (tertiary/aromatic N) is 1. The highest BCUT2D eigenvalue weighted by Gasteiger charge is 2.29. The van der Waals surface area contributed by atoms with Gasteiger partial charge in [-0.15, -0.1) is 0 Å². The number of nitrogens with one attached hydrogen (secondary N) is 1. The van der Waals surface area contributed by atoms with Gasteiger partial charge in [0.2, 0.25) is 0 Å². The molecule has 0 amide bonds. The summed E-state index contributed by atoms with van der Waals surface area (Å²) in [5.41, 5.74) is 0. The lowest BCUT2D eigenvalue weighted by Crippen LogP contribution is -2.56. The zero-order valence-corrected chi connectivity index (χ0v) is 12.5. The minimum atomic E-state index is -0.164. The van der Waals surface area contributed by atoms with Crippen LogP contribution in [0.4, 0.5) is 0 Å². The fraction of sp³-hybridized carbons (Fsp3) is 0.929.